The average molecular weight is 523 g/mol. The number of methoxy groups -OCH3 is 1. The zero-order chi connectivity index (χ0) is 26.5. The van der Waals surface area contributed by atoms with Gasteiger partial charge in [0.15, 0.2) is 0 Å². The minimum Gasteiger partial charge on any atom is -0.379 e. The molecule has 3 fully saturated rings. The Bertz CT molecular complexity index is 1090. The molecule has 3 aliphatic rings. The second-order valence-corrected chi connectivity index (χ2v) is 10.8. The quantitative estimate of drug-likeness (QED) is 0.620. The molecule has 206 valence electrons. The second-order valence-electron chi connectivity index (χ2n) is 10.8. The number of nitrogens with zero attached hydrogens (tertiary/aromatic N) is 5. The van der Waals surface area contributed by atoms with E-state index in [1.807, 2.05) is 11.8 Å². The third-order valence-electron chi connectivity index (χ3n) is 8.35. The first-order valence-corrected chi connectivity index (χ1v) is 14.1. The molecule has 1 aromatic heterocycles. The molecule has 1 amide bonds. The molecule has 2 aromatic rings. The van der Waals surface area contributed by atoms with E-state index in [9.17, 15) is 4.79 Å². The van der Waals surface area contributed by atoms with E-state index in [1.54, 1.807) is 13.4 Å². The van der Waals surface area contributed by atoms with Crippen molar-refractivity contribution < 1.29 is 14.3 Å². The molecule has 3 saturated heterocycles. The van der Waals surface area contributed by atoms with Gasteiger partial charge in [0.1, 0.15) is 17.8 Å². The standard InChI is InChI=1S/C29H42N6O3/c1-21-7-4-5-8-25(21)33-12-6-13-34(17-16-33)28-22(2)27(30-20-31-28)29(36)35-14-9-23(10-15-35)32-24-11-18-38-19-26(24)37-3/h4-5,7-8,20,23-24,26,32H,6,9-19H2,1-3H3. The molecule has 0 spiro atoms. The van der Waals surface area contributed by atoms with Crippen molar-refractivity contribution in [2.24, 2.45) is 0 Å². The van der Waals surface area contributed by atoms with Gasteiger partial charge in [0.2, 0.25) is 0 Å². The molecule has 0 aliphatic carbocycles. The number of benzene rings is 1. The number of rotatable bonds is 6. The zero-order valence-electron chi connectivity index (χ0n) is 23.1. The SMILES string of the molecule is COC1COCCC1NC1CCN(C(=O)c2ncnc(N3CCCN(c4ccccc4C)CC3)c2C)CC1. The zero-order valence-corrected chi connectivity index (χ0v) is 23.1. The molecule has 0 radical (unpaired) electrons. The highest BCUT2D eigenvalue weighted by Crippen LogP contribution is 2.26. The van der Waals surface area contributed by atoms with E-state index in [2.05, 4.69) is 56.3 Å². The number of hydrogen-bond acceptors (Lipinski definition) is 8. The summed E-state index contributed by atoms with van der Waals surface area (Å²) in [5, 5.41) is 3.77. The Kier molecular flexibility index (Phi) is 8.76. The summed E-state index contributed by atoms with van der Waals surface area (Å²) in [5.41, 5.74) is 4.02. The molecule has 0 saturated carbocycles. The lowest BCUT2D eigenvalue weighted by Crippen LogP contribution is -2.54. The van der Waals surface area contributed by atoms with E-state index >= 15 is 0 Å². The molecule has 3 aliphatic heterocycles. The first kappa shape index (κ1) is 26.8. The number of nitrogens with one attached hydrogen (secondary N) is 1. The molecular weight excluding hydrogens is 480 g/mol. The third-order valence-corrected chi connectivity index (χ3v) is 8.35. The highest BCUT2D eigenvalue weighted by atomic mass is 16.5. The fourth-order valence-electron chi connectivity index (χ4n) is 6.10. The van der Waals surface area contributed by atoms with Gasteiger partial charge in [-0.3, -0.25) is 4.79 Å². The second kappa shape index (κ2) is 12.4. The number of aromatic nitrogens is 2. The smallest absolute Gasteiger partial charge is 0.272 e. The van der Waals surface area contributed by atoms with Gasteiger partial charge in [-0.1, -0.05) is 18.2 Å². The summed E-state index contributed by atoms with van der Waals surface area (Å²) < 4.78 is 11.2. The number of anilines is 2. The number of ether oxygens (including phenoxy) is 2. The minimum atomic E-state index is 0.0155. The maximum Gasteiger partial charge on any atom is 0.272 e. The predicted molar refractivity (Wildman–Crippen MR) is 149 cm³/mol. The lowest BCUT2D eigenvalue weighted by Gasteiger charge is -2.38. The van der Waals surface area contributed by atoms with Crippen LogP contribution in [0, 0.1) is 13.8 Å². The van der Waals surface area contributed by atoms with Gasteiger partial charge in [-0.15, -0.1) is 0 Å². The van der Waals surface area contributed by atoms with Crippen LogP contribution in [0.4, 0.5) is 11.5 Å². The van der Waals surface area contributed by atoms with E-state index in [4.69, 9.17) is 9.47 Å². The van der Waals surface area contributed by atoms with Crippen molar-refractivity contribution in [1.82, 2.24) is 20.2 Å². The molecule has 9 nitrogen and oxygen atoms in total. The number of carbonyl (C=O) groups excluding carboxylic acids is 1. The van der Waals surface area contributed by atoms with Gasteiger partial charge in [0.25, 0.3) is 5.91 Å². The van der Waals surface area contributed by atoms with E-state index in [1.165, 1.54) is 11.3 Å². The average Bonchev–Trinajstić information content (AvgIpc) is 3.20. The molecule has 9 heteroatoms. The third kappa shape index (κ3) is 5.95. The number of hydrogen-bond donors (Lipinski definition) is 1. The van der Waals surface area contributed by atoms with Gasteiger partial charge in [-0.25, -0.2) is 9.97 Å². The molecule has 0 bridgehead atoms. The van der Waals surface area contributed by atoms with Crippen LogP contribution in [-0.2, 0) is 9.47 Å². The van der Waals surface area contributed by atoms with Crippen LogP contribution in [0.2, 0.25) is 0 Å². The fraction of sp³-hybridized carbons (Fsp3) is 0.621. The van der Waals surface area contributed by atoms with Crippen LogP contribution in [0.3, 0.4) is 0 Å². The normalized spacial score (nSPS) is 23.4. The minimum absolute atomic E-state index is 0.0155. The van der Waals surface area contributed by atoms with Gasteiger partial charge >= 0.3 is 0 Å². The van der Waals surface area contributed by atoms with Crippen molar-refractivity contribution in [2.45, 2.75) is 57.7 Å². The first-order valence-electron chi connectivity index (χ1n) is 14.1. The Labute approximate surface area is 226 Å². The predicted octanol–water partition coefficient (Wildman–Crippen LogP) is 2.81. The summed E-state index contributed by atoms with van der Waals surface area (Å²) in [6.45, 7) is 10.8. The van der Waals surface area contributed by atoms with Crippen LogP contribution in [0.1, 0.15) is 47.3 Å². The Balaban J connectivity index is 1.20. The first-order chi connectivity index (χ1) is 18.5. The Morgan fingerprint density at radius 3 is 2.55 bits per heavy atom. The van der Waals surface area contributed by atoms with Crippen LogP contribution in [0.25, 0.3) is 0 Å². The van der Waals surface area contributed by atoms with Crippen LogP contribution >= 0.6 is 0 Å². The largest absolute Gasteiger partial charge is 0.379 e. The Morgan fingerprint density at radius 2 is 1.76 bits per heavy atom. The highest BCUT2D eigenvalue weighted by molar-refractivity contribution is 5.94. The molecule has 5 rings (SSSR count). The van der Waals surface area contributed by atoms with Gasteiger partial charge in [-0.2, -0.15) is 0 Å². The fourth-order valence-corrected chi connectivity index (χ4v) is 6.10. The van der Waals surface area contributed by atoms with Crippen molar-refractivity contribution in [3.63, 3.8) is 0 Å². The molecule has 1 N–H and O–H groups in total. The Morgan fingerprint density at radius 1 is 1.00 bits per heavy atom. The summed E-state index contributed by atoms with van der Waals surface area (Å²) in [5.74, 6) is 0.901. The van der Waals surface area contributed by atoms with Gasteiger partial charge in [0.05, 0.1) is 12.7 Å². The van der Waals surface area contributed by atoms with Crippen LogP contribution < -0.4 is 15.1 Å². The molecule has 2 unspecified atom stereocenters. The van der Waals surface area contributed by atoms with Crippen LogP contribution in [0.15, 0.2) is 30.6 Å². The van der Waals surface area contributed by atoms with Crippen LogP contribution in [-0.4, -0.2) is 98.6 Å². The van der Waals surface area contributed by atoms with Crippen molar-refractivity contribution in [3.05, 3.63) is 47.4 Å². The summed E-state index contributed by atoms with van der Waals surface area (Å²) in [4.78, 5) is 29.4. The summed E-state index contributed by atoms with van der Waals surface area (Å²) in [7, 11) is 1.75. The van der Waals surface area contributed by atoms with Crippen molar-refractivity contribution in [3.8, 4) is 0 Å². The lowest BCUT2D eigenvalue weighted by molar-refractivity contribution is -0.0533. The maximum atomic E-state index is 13.5. The Hall–Kier alpha value is -2.75. The van der Waals surface area contributed by atoms with E-state index < -0.39 is 0 Å². The number of aryl methyl sites for hydroxylation is 1. The number of likely N-dealkylation sites (tertiary alicyclic amines) is 1. The van der Waals surface area contributed by atoms with Crippen molar-refractivity contribution in [1.29, 1.82) is 0 Å². The highest BCUT2D eigenvalue weighted by Gasteiger charge is 2.31. The van der Waals surface area contributed by atoms with Gasteiger partial charge in [-0.05, 0) is 51.2 Å². The van der Waals surface area contributed by atoms with E-state index in [-0.39, 0.29) is 12.0 Å². The molecule has 2 atom stereocenters. The van der Waals surface area contributed by atoms with Gasteiger partial charge < -0.3 is 29.5 Å². The summed E-state index contributed by atoms with van der Waals surface area (Å²) in [6.07, 6.45) is 5.50. The van der Waals surface area contributed by atoms with Crippen LogP contribution in [0.5, 0.6) is 0 Å². The van der Waals surface area contributed by atoms with Crippen molar-refractivity contribution in [2.75, 3.05) is 69.4 Å². The number of para-hydroxylation sites is 1. The molecular formula is C29H42N6O3. The molecule has 1 aromatic carbocycles. The monoisotopic (exact) mass is 522 g/mol. The number of piperidine rings is 1. The summed E-state index contributed by atoms with van der Waals surface area (Å²) >= 11 is 0. The molecule has 4 heterocycles. The topological polar surface area (TPSA) is 83.1 Å². The van der Waals surface area contributed by atoms with Crippen molar-refractivity contribution >= 4 is 17.4 Å². The van der Waals surface area contributed by atoms with E-state index in [0.29, 0.717) is 24.4 Å². The lowest BCUT2D eigenvalue weighted by atomic mass is 9.99. The maximum absolute atomic E-state index is 13.5. The summed E-state index contributed by atoms with van der Waals surface area (Å²) in [6, 6.07) is 9.27. The number of amides is 1. The van der Waals surface area contributed by atoms with Gasteiger partial charge in [0, 0.05) is 76.3 Å². The number of carbonyl (C=O) groups is 1. The van der Waals surface area contributed by atoms with E-state index in [0.717, 1.165) is 82.9 Å². The molecule has 38 heavy (non-hydrogen) atoms.